The topological polar surface area (TPSA) is 88.8 Å². The van der Waals surface area contributed by atoms with Crippen LogP contribution in [0.1, 0.15) is 36.9 Å². The third-order valence-corrected chi connectivity index (χ3v) is 9.79. The van der Waals surface area contributed by atoms with Gasteiger partial charge >= 0.3 is 6.01 Å². The van der Waals surface area contributed by atoms with Gasteiger partial charge in [-0.05, 0) is 57.0 Å². The molecule has 9 nitrogen and oxygen atoms in total. The highest BCUT2D eigenvalue weighted by Gasteiger charge is 2.34. The number of nitriles is 1. The fourth-order valence-electron chi connectivity index (χ4n) is 7.27. The van der Waals surface area contributed by atoms with Gasteiger partial charge in [0.2, 0.25) is 5.91 Å². The molecule has 3 aliphatic rings. The molecule has 0 bridgehead atoms. The van der Waals surface area contributed by atoms with Crippen molar-refractivity contribution in [3.8, 4) is 12.1 Å². The Hall–Kier alpha value is -3.87. The lowest BCUT2D eigenvalue weighted by Gasteiger charge is -2.42. The van der Waals surface area contributed by atoms with E-state index in [0.717, 1.165) is 57.9 Å². The summed E-state index contributed by atoms with van der Waals surface area (Å²) < 4.78 is 6.40. The van der Waals surface area contributed by atoms with Crippen molar-refractivity contribution in [2.24, 2.45) is 5.92 Å². The number of ether oxygens (including phenoxy) is 1. The summed E-state index contributed by atoms with van der Waals surface area (Å²) in [5.41, 5.74) is 3.13. The molecule has 3 atom stereocenters. The maximum atomic E-state index is 12.6. The van der Waals surface area contributed by atoms with Crippen LogP contribution in [-0.2, 0) is 17.8 Å². The van der Waals surface area contributed by atoms with E-state index in [-0.39, 0.29) is 18.4 Å². The average molecular weight is 614 g/mol. The number of aromatic nitrogens is 2. The second kappa shape index (κ2) is 13.0. The highest BCUT2D eigenvalue weighted by Crippen LogP contribution is 2.37. The largest absolute Gasteiger partial charge is 0.463 e. The normalized spacial score (nSPS) is 21.8. The number of fused-ring (bicyclic) bond motifs is 2. The first-order valence-corrected chi connectivity index (χ1v) is 15.9. The minimum Gasteiger partial charge on any atom is -0.463 e. The number of carbonyl (C=O) groups is 1. The van der Waals surface area contributed by atoms with E-state index in [4.69, 9.17) is 26.3 Å². The van der Waals surface area contributed by atoms with E-state index in [0.29, 0.717) is 50.8 Å². The van der Waals surface area contributed by atoms with Crippen molar-refractivity contribution in [1.82, 2.24) is 19.8 Å². The lowest BCUT2D eigenvalue weighted by molar-refractivity contribution is -0.128. The smallest absolute Gasteiger partial charge is 0.318 e. The number of piperazine rings is 1. The fourth-order valence-corrected chi connectivity index (χ4v) is 7.55. The Morgan fingerprint density at radius 1 is 1.16 bits per heavy atom. The molecule has 10 heteroatoms. The van der Waals surface area contributed by atoms with Crippen LogP contribution in [0.5, 0.6) is 6.01 Å². The van der Waals surface area contributed by atoms with Gasteiger partial charge in [-0.25, -0.2) is 0 Å². The zero-order chi connectivity index (χ0) is 30.8. The average Bonchev–Trinajstić information content (AvgIpc) is 3.52. The van der Waals surface area contributed by atoms with Crippen LogP contribution in [0.2, 0.25) is 5.02 Å². The molecule has 0 radical (unpaired) electrons. The Morgan fingerprint density at radius 2 is 1.98 bits per heavy atom. The van der Waals surface area contributed by atoms with Gasteiger partial charge in [0.25, 0.3) is 0 Å². The first kappa shape index (κ1) is 30.2. The highest BCUT2D eigenvalue weighted by atomic mass is 35.5. The van der Waals surface area contributed by atoms with Crippen LogP contribution in [0.3, 0.4) is 0 Å². The summed E-state index contributed by atoms with van der Waals surface area (Å²) in [6, 6.07) is 15.2. The predicted octanol–water partition coefficient (Wildman–Crippen LogP) is 5.07. The summed E-state index contributed by atoms with van der Waals surface area (Å²) in [6.45, 7) is 7.25. The van der Waals surface area contributed by atoms with Gasteiger partial charge in [-0.1, -0.05) is 48.9 Å². The molecule has 6 rings (SSSR count). The molecular weight excluding hydrogens is 574 g/mol. The highest BCUT2D eigenvalue weighted by molar-refractivity contribution is 6.36. The minimum absolute atomic E-state index is 0.143. The molecule has 1 saturated heterocycles. The number of amides is 1. The van der Waals surface area contributed by atoms with E-state index in [1.807, 2.05) is 12.1 Å². The predicted molar refractivity (Wildman–Crippen MR) is 174 cm³/mol. The zero-order valence-electron chi connectivity index (χ0n) is 25.6. The molecule has 0 spiro atoms. The minimum atomic E-state index is -0.244. The van der Waals surface area contributed by atoms with Crippen LogP contribution >= 0.6 is 11.6 Å². The monoisotopic (exact) mass is 613 g/mol. The van der Waals surface area contributed by atoms with Crippen molar-refractivity contribution < 1.29 is 9.53 Å². The number of hydrogen-bond donors (Lipinski definition) is 0. The van der Waals surface area contributed by atoms with E-state index in [1.165, 1.54) is 18.9 Å². The number of hydrogen-bond acceptors (Lipinski definition) is 8. The van der Waals surface area contributed by atoms with Gasteiger partial charge < -0.3 is 24.3 Å². The van der Waals surface area contributed by atoms with Crippen molar-refractivity contribution in [3.63, 3.8) is 0 Å². The third-order valence-electron chi connectivity index (χ3n) is 9.47. The van der Waals surface area contributed by atoms with E-state index < -0.39 is 0 Å². The molecule has 2 aliphatic heterocycles. The van der Waals surface area contributed by atoms with Gasteiger partial charge in [-0.15, -0.1) is 0 Å². The van der Waals surface area contributed by atoms with Gasteiger partial charge in [0.1, 0.15) is 5.82 Å². The van der Waals surface area contributed by atoms with Crippen LogP contribution in [0.4, 0.5) is 11.5 Å². The van der Waals surface area contributed by atoms with Crippen molar-refractivity contribution >= 4 is 39.8 Å². The Bertz CT molecular complexity index is 1580. The summed E-state index contributed by atoms with van der Waals surface area (Å²) in [5, 5.41) is 12.4. The second-order valence-electron chi connectivity index (χ2n) is 12.3. The number of benzene rings is 2. The van der Waals surface area contributed by atoms with Gasteiger partial charge in [-0.3, -0.25) is 4.79 Å². The van der Waals surface area contributed by atoms with E-state index in [2.05, 4.69) is 65.7 Å². The summed E-state index contributed by atoms with van der Waals surface area (Å²) >= 11 is 6.72. The third kappa shape index (κ3) is 5.93. The van der Waals surface area contributed by atoms with Gasteiger partial charge in [0.05, 0.1) is 42.4 Å². The van der Waals surface area contributed by atoms with Crippen molar-refractivity contribution in [1.29, 1.82) is 5.26 Å². The van der Waals surface area contributed by atoms with Crippen LogP contribution in [0.25, 0.3) is 10.8 Å². The number of carbonyl (C=O) groups excluding carboxylic acids is 1. The number of rotatable bonds is 8. The Balaban J connectivity index is 1.34. The molecule has 1 amide bonds. The SMILES string of the molecule is C=CC(=O)N1CCN(c2nc(OC[C@@H]3CCC[C@@H]3N(C)C)nc3c2CCN(c2cccc4cccc(Cl)c24)C3)C[C@@H]1CC#N. The molecule has 230 valence electrons. The molecule has 2 aromatic carbocycles. The fraction of sp³-hybridized carbons (Fsp3) is 0.471. The zero-order valence-corrected chi connectivity index (χ0v) is 26.3. The molecule has 0 N–H and O–H groups in total. The van der Waals surface area contributed by atoms with Crippen molar-refractivity contribution in [3.05, 3.63) is 65.3 Å². The summed E-state index contributed by atoms with van der Waals surface area (Å²) in [6.07, 6.45) is 5.83. The number of anilines is 2. The van der Waals surface area contributed by atoms with Crippen molar-refractivity contribution in [2.45, 2.75) is 50.7 Å². The van der Waals surface area contributed by atoms with Crippen LogP contribution in [0.15, 0.2) is 49.1 Å². The molecule has 2 fully saturated rings. The summed E-state index contributed by atoms with van der Waals surface area (Å²) in [4.78, 5) is 31.2. The molecule has 1 aromatic heterocycles. The van der Waals surface area contributed by atoms with Crippen LogP contribution in [-0.4, -0.2) is 84.6 Å². The molecule has 3 aromatic rings. The molecular formula is C34H40ClN7O2. The Morgan fingerprint density at radius 3 is 2.75 bits per heavy atom. The van der Waals surface area contributed by atoms with Gasteiger partial charge in [0.15, 0.2) is 0 Å². The lowest BCUT2D eigenvalue weighted by Crippen LogP contribution is -2.55. The molecule has 1 aliphatic carbocycles. The molecule has 0 unspecified atom stereocenters. The Labute approximate surface area is 264 Å². The van der Waals surface area contributed by atoms with E-state index >= 15 is 0 Å². The maximum absolute atomic E-state index is 12.6. The van der Waals surface area contributed by atoms with Gasteiger partial charge in [-0.2, -0.15) is 15.2 Å². The summed E-state index contributed by atoms with van der Waals surface area (Å²) in [7, 11) is 4.28. The van der Waals surface area contributed by atoms with Gasteiger partial charge in [0, 0.05) is 54.8 Å². The summed E-state index contributed by atoms with van der Waals surface area (Å²) in [5.74, 6) is 1.13. The lowest BCUT2D eigenvalue weighted by atomic mass is 10.0. The molecule has 44 heavy (non-hydrogen) atoms. The van der Waals surface area contributed by atoms with E-state index in [1.54, 1.807) is 4.90 Å². The van der Waals surface area contributed by atoms with Crippen molar-refractivity contribution in [2.75, 3.05) is 56.7 Å². The molecule has 1 saturated carbocycles. The van der Waals surface area contributed by atoms with E-state index in [9.17, 15) is 10.1 Å². The molecule has 3 heterocycles. The first-order valence-electron chi connectivity index (χ1n) is 15.5. The second-order valence-corrected chi connectivity index (χ2v) is 12.7. The van der Waals surface area contributed by atoms with Crippen LogP contribution < -0.4 is 14.5 Å². The Kier molecular flexibility index (Phi) is 8.92. The maximum Gasteiger partial charge on any atom is 0.318 e. The number of halogens is 1. The van der Waals surface area contributed by atoms with Crippen LogP contribution in [0, 0.1) is 17.2 Å². The quantitative estimate of drug-likeness (QED) is 0.325. The standard InChI is InChI=1S/C34H40ClN7O2/c1-4-31(43)42-19-18-41(20-25(42)14-16-36)33-26-15-17-40(30-13-6-9-23-8-5-11-27(35)32(23)30)21-28(26)37-34(38-33)44-22-24-10-7-12-29(24)39(2)3/h4-6,8-9,11,13,24-25,29H,1,7,10,12,14-15,17-22H2,2-3H3/t24-,25-,29-/m0/s1. The first-order chi connectivity index (χ1) is 21.4. The number of nitrogens with zero attached hydrogens (tertiary/aromatic N) is 7.